The number of halogens is 2. The van der Waals surface area contributed by atoms with Gasteiger partial charge in [0, 0.05) is 17.0 Å². The molecule has 1 fully saturated rings. The van der Waals surface area contributed by atoms with Crippen molar-refractivity contribution in [3.63, 3.8) is 0 Å². The molecule has 6 nitrogen and oxygen atoms in total. The van der Waals surface area contributed by atoms with Gasteiger partial charge in [-0.15, -0.1) is 0 Å². The maximum atomic E-state index is 14.8. The average molecular weight is 466 g/mol. The van der Waals surface area contributed by atoms with Crippen LogP contribution in [-0.4, -0.2) is 26.8 Å². The predicted octanol–water partition coefficient (Wildman–Crippen LogP) is 4.88. The molecule has 2 aliphatic rings. The van der Waals surface area contributed by atoms with Crippen LogP contribution in [0.1, 0.15) is 72.9 Å². The zero-order valence-electron chi connectivity index (χ0n) is 19.1. The SMILES string of the molecule is CC12CCC(c3c(C(=O)N[C@@H](C(=O)O)c4ccccc4)nn(-c4ccc(F)cc4F)c31)C2(C)C. The molecule has 1 aromatic heterocycles. The third kappa shape index (κ3) is 3.01. The minimum absolute atomic E-state index is 0.00510. The summed E-state index contributed by atoms with van der Waals surface area (Å²) in [7, 11) is 0. The van der Waals surface area contributed by atoms with E-state index in [0.29, 0.717) is 5.56 Å². The van der Waals surface area contributed by atoms with Gasteiger partial charge in [-0.25, -0.2) is 18.3 Å². The minimum Gasteiger partial charge on any atom is -0.479 e. The molecule has 5 rings (SSSR count). The fraction of sp³-hybridized carbons (Fsp3) is 0.346. The first kappa shape index (κ1) is 22.3. The van der Waals surface area contributed by atoms with Gasteiger partial charge in [-0.3, -0.25) is 4.79 Å². The molecular weight excluding hydrogens is 440 g/mol. The van der Waals surface area contributed by atoms with Crippen molar-refractivity contribution in [1.82, 2.24) is 15.1 Å². The van der Waals surface area contributed by atoms with Crippen LogP contribution in [-0.2, 0) is 10.2 Å². The molecule has 1 saturated carbocycles. The van der Waals surface area contributed by atoms with Crippen LogP contribution >= 0.6 is 0 Å². The van der Waals surface area contributed by atoms with Gasteiger partial charge in [0.2, 0.25) is 0 Å². The average Bonchev–Trinajstić information content (AvgIpc) is 3.34. The van der Waals surface area contributed by atoms with Gasteiger partial charge < -0.3 is 10.4 Å². The number of carbonyl (C=O) groups excluding carboxylic acids is 1. The molecule has 0 saturated heterocycles. The number of carbonyl (C=O) groups is 2. The summed E-state index contributed by atoms with van der Waals surface area (Å²) in [5.41, 5.74) is 1.41. The molecule has 0 radical (unpaired) electrons. The molecule has 34 heavy (non-hydrogen) atoms. The Kier molecular flexibility index (Phi) is 4.90. The van der Waals surface area contributed by atoms with E-state index in [1.54, 1.807) is 30.3 Å². The lowest BCUT2D eigenvalue weighted by Crippen LogP contribution is -2.35. The van der Waals surface area contributed by atoms with Gasteiger partial charge in [-0.05, 0) is 41.9 Å². The van der Waals surface area contributed by atoms with E-state index in [-0.39, 0.29) is 28.1 Å². The molecule has 2 aliphatic carbocycles. The highest BCUT2D eigenvalue weighted by molar-refractivity contribution is 5.97. The van der Waals surface area contributed by atoms with E-state index in [1.807, 2.05) is 0 Å². The van der Waals surface area contributed by atoms with Gasteiger partial charge in [-0.1, -0.05) is 51.1 Å². The smallest absolute Gasteiger partial charge is 0.330 e. The second-order valence-electron chi connectivity index (χ2n) is 9.92. The van der Waals surface area contributed by atoms with E-state index in [9.17, 15) is 23.5 Å². The van der Waals surface area contributed by atoms with Crippen molar-refractivity contribution in [3.05, 3.63) is 82.7 Å². The summed E-state index contributed by atoms with van der Waals surface area (Å²) in [5.74, 6) is -3.32. The summed E-state index contributed by atoms with van der Waals surface area (Å²) in [5, 5.41) is 16.9. The van der Waals surface area contributed by atoms with Crippen molar-refractivity contribution in [1.29, 1.82) is 0 Å². The number of amides is 1. The normalized spacial score (nSPS) is 22.9. The van der Waals surface area contributed by atoms with Gasteiger partial charge in [0.15, 0.2) is 17.6 Å². The zero-order chi connectivity index (χ0) is 24.4. The van der Waals surface area contributed by atoms with Crippen LogP contribution in [0.2, 0.25) is 0 Å². The Labute approximate surface area is 195 Å². The Hall–Kier alpha value is -3.55. The van der Waals surface area contributed by atoms with E-state index >= 15 is 0 Å². The predicted molar refractivity (Wildman–Crippen MR) is 121 cm³/mol. The van der Waals surface area contributed by atoms with Crippen LogP contribution in [0.5, 0.6) is 0 Å². The van der Waals surface area contributed by atoms with Gasteiger partial charge in [0.05, 0.1) is 5.69 Å². The fourth-order valence-corrected chi connectivity index (χ4v) is 5.85. The van der Waals surface area contributed by atoms with Crippen LogP contribution in [0.15, 0.2) is 48.5 Å². The van der Waals surface area contributed by atoms with Gasteiger partial charge in [0.25, 0.3) is 5.91 Å². The van der Waals surface area contributed by atoms with Gasteiger partial charge in [-0.2, -0.15) is 5.10 Å². The first-order valence-corrected chi connectivity index (χ1v) is 11.2. The number of rotatable bonds is 5. The van der Waals surface area contributed by atoms with Crippen molar-refractivity contribution in [2.24, 2.45) is 5.41 Å². The fourth-order valence-electron chi connectivity index (χ4n) is 5.85. The number of benzene rings is 2. The lowest BCUT2D eigenvalue weighted by Gasteiger charge is -2.35. The van der Waals surface area contributed by atoms with Crippen LogP contribution < -0.4 is 5.32 Å². The summed E-state index contributed by atoms with van der Waals surface area (Å²) in [6.45, 7) is 6.34. The maximum absolute atomic E-state index is 14.8. The topological polar surface area (TPSA) is 84.2 Å². The molecule has 3 aromatic rings. The maximum Gasteiger partial charge on any atom is 0.330 e. The van der Waals surface area contributed by atoms with Crippen LogP contribution in [0.3, 0.4) is 0 Å². The molecule has 1 heterocycles. The third-order valence-electron chi connectivity index (χ3n) is 8.03. The number of hydrogen-bond acceptors (Lipinski definition) is 3. The molecule has 1 amide bonds. The monoisotopic (exact) mass is 465 g/mol. The van der Waals surface area contributed by atoms with E-state index in [4.69, 9.17) is 0 Å². The van der Waals surface area contributed by atoms with Crippen LogP contribution in [0.25, 0.3) is 5.69 Å². The highest BCUT2D eigenvalue weighted by Gasteiger charge is 2.63. The van der Waals surface area contributed by atoms with E-state index in [0.717, 1.165) is 36.2 Å². The number of nitrogens with one attached hydrogen (secondary N) is 1. The van der Waals surface area contributed by atoms with E-state index in [1.165, 1.54) is 10.7 Å². The zero-order valence-corrected chi connectivity index (χ0v) is 19.1. The molecular formula is C26H25F2N3O3. The lowest BCUT2D eigenvalue weighted by atomic mass is 9.70. The Morgan fingerprint density at radius 3 is 2.50 bits per heavy atom. The van der Waals surface area contributed by atoms with Crippen LogP contribution in [0.4, 0.5) is 8.78 Å². The molecule has 2 unspecified atom stereocenters. The molecule has 2 aromatic carbocycles. The number of aromatic nitrogens is 2. The number of nitrogens with zero attached hydrogens (tertiary/aromatic N) is 2. The molecule has 0 aliphatic heterocycles. The largest absolute Gasteiger partial charge is 0.479 e. The standard InChI is InChI=1S/C26H25F2N3O3/c1-25(2)16-11-12-26(25,3)22-19(16)21(30-31(22)18-10-9-15(27)13-17(18)28)23(32)29-20(24(33)34)14-7-5-4-6-8-14/h4-10,13,16,20H,11-12H2,1-3H3,(H,29,32)(H,33,34)/t16?,20-,26?/m1/s1. The molecule has 8 heteroatoms. The van der Waals surface area contributed by atoms with E-state index < -0.39 is 29.6 Å². The van der Waals surface area contributed by atoms with E-state index in [2.05, 4.69) is 31.2 Å². The Morgan fingerprint density at radius 1 is 1.15 bits per heavy atom. The molecule has 2 bridgehead atoms. The quantitative estimate of drug-likeness (QED) is 0.563. The van der Waals surface area contributed by atoms with Gasteiger partial charge in [0.1, 0.15) is 11.5 Å². The Balaban J connectivity index is 1.65. The molecule has 0 spiro atoms. The van der Waals surface area contributed by atoms with Crippen molar-refractivity contribution in [2.75, 3.05) is 0 Å². The van der Waals surface area contributed by atoms with Crippen molar-refractivity contribution in [2.45, 2.75) is 51.0 Å². The van der Waals surface area contributed by atoms with Gasteiger partial charge >= 0.3 is 5.97 Å². The number of fused-ring (bicyclic) bond motifs is 5. The number of carboxylic acid groups (broad SMARTS) is 1. The second kappa shape index (κ2) is 7.48. The minimum atomic E-state index is -1.26. The van der Waals surface area contributed by atoms with Crippen molar-refractivity contribution >= 4 is 11.9 Å². The van der Waals surface area contributed by atoms with Crippen molar-refractivity contribution in [3.8, 4) is 5.69 Å². The number of hydrogen-bond donors (Lipinski definition) is 2. The summed E-state index contributed by atoms with van der Waals surface area (Å²) in [4.78, 5) is 25.4. The Morgan fingerprint density at radius 2 is 1.85 bits per heavy atom. The van der Waals surface area contributed by atoms with Crippen molar-refractivity contribution < 1.29 is 23.5 Å². The Bertz CT molecular complexity index is 1320. The first-order valence-electron chi connectivity index (χ1n) is 11.2. The van der Waals surface area contributed by atoms with Crippen LogP contribution in [0, 0.1) is 17.0 Å². The lowest BCUT2D eigenvalue weighted by molar-refractivity contribution is -0.139. The molecule has 176 valence electrons. The highest BCUT2D eigenvalue weighted by Crippen LogP contribution is 2.68. The first-order chi connectivity index (χ1) is 16.1. The molecule has 3 atom stereocenters. The second-order valence-corrected chi connectivity index (χ2v) is 9.92. The highest BCUT2D eigenvalue weighted by atomic mass is 19.1. The summed E-state index contributed by atoms with van der Waals surface area (Å²) in [6.07, 6.45) is 1.68. The third-order valence-corrected chi connectivity index (χ3v) is 8.03. The number of carboxylic acids is 1. The summed E-state index contributed by atoms with van der Waals surface area (Å²) in [6, 6.07) is 10.4. The summed E-state index contributed by atoms with van der Waals surface area (Å²) < 4.78 is 29.9. The number of aliphatic carboxylic acids is 1. The molecule has 2 N–H and O–H groups in total. The summed E-state index contributed by atoms with van der Waals surface area (Å²) >= 11 is 0.